The molecule has 1 atom stereocenters. The fraction of sp³-hybridized carbons (Fsp3) is 0.308. The summed E-state index contributed by atoms with van der Waals surface area (Å²) in [5.41, 5.74) is 2.57. The van der Waals surface area contributed by atoms with Gasteiger partial charge in [0.15, 0.2) is 0 Å². The summed E-state index contributed by atoms with van der Waals surface area (Å²) in [6.07, 6.45) is 16.4. The van der Waals surface area contributed by atoms with E-state index < -0.39 is 0 Å². The first-order valence-corrected chi connectivity index (χ1v) is 11.7. The van der Waals surface area contributed by atoms with Gasteiger partial charge < -0.3 is 28.6 Å². The van der Waals surface area contributed by atoms with Crippen LogP contribution in [-0.4, -0.2) is 51.6 Å². The van der Waals surface area contributed by atoms with Crippen LogP contribution in [0.3, 0.4) is 0 Å². The van der Waals surface area contributed by atoms with Crippen molar-refractivity contribution in [3.05, 3.63) is 84.0 Å². The SMILES string of the molecule is COc1ncc(N2C=COC(C3=C(O[C@H]4CCN(C(=O)c5cncn5C)C4)C=CCC3)=C2)cc1C#N. The van der Waals surface area contributed by atoms with Crippen molar-refractivity contribution in [3.63, 3.8) is 0 Å². The molecule has 2 aromatic heterocycles. The lowest BCUT2D eigenvalue weighted by Crippen LogP contribution is -2.31. The third-order valence-electron chi connectivity index (χ3n) is 6.31. The zero-order valence-electron chi connectivity index (χ0n) is 20.1. The molecule has 184 valence electrons. The second-order valence-corrected chi connectivity index (χ2v) is 8.62. The topological polar surface area (TPSA) is 106 Å². The summed E-state index contributed by atoms with van der Waals surface area (Å²) in [7, 11) is 3.30. The van der Waals surface area contributed by atoms with E-state index in [2.05, 4.69) is 22.1 Å². The van der Waals surface area contributed by atoms with Crippen LogP contribution in [0, 0.1) is 11.3 Å². The number of nitrogens with zero attached hydrogens (tertiary/aromatic N) is 6. The summed E-state index contributed by atoms with van der Waals surface area (Å²) in [4.78, 5) is 24.8. The molecule has 36 heavy (non-hydrogen) atoms. The third-order valence-corrected chi connectivity index (χ3v) is 6.31. The van der Waals surface area contributed by atoms with Crippen LogP contribution < -0.4 is 9.64 Å². The van der Waals surface area contributed by atoms with E-state index >= 15 is 0 Å². The molecule has 0 unspecified atom stereocenters. The number of carbonyl (C=O) groups excluding carboxylic acids is 1. The molecule has 5 rings (SSSR count). The van der Waals surface area contributed by atoms with E-state index in [1.165, 1.54) is 7.11 Å². The number of pyridine rings is 1. The molecule has 0 bridgehead atoms. The summed E-state index contributed by atoms with van der Waals surface area (Å²) in [6.45, 7) is 1.14. The molecule has 1 amide bonds. The quantitative estimate of drug-likeness (QED) is 0.612. The summed E-state index contributed by atoms with van der Waals surface area (Å²) >= 11 is 0. The van der Waals surface area contributed by atoms with Gasteiger partial charge in [-0.3, -0.25) is 4.79 Å². The largest absolute Gasteiger partial charge is 0.488 e. The number of methoxy groups -OCH3 is 1. The molecule has 10 heteroatoms. The maximum absolute atomic E-state index is 12.8. The number of rotatable bonds is 6. The lowest BCUT2D eigenvalue weighted by Gasteiger charge is -2.26. The van der Waals surface area contributed by atoms with Gasteiger partial charge in [-0.1, -0.05) is 6.08 Å². The highest BCUT2D eigenvalue weighted by molar-refractivity contribution is 5.92. The normalized spacial score (nSPS) is 19.1. The van der Waals surface area contributed by atoms with Crippen molar-refractivity contribution in [3.8, 4) is 11.9 Å². The number of likely N-dealkylation sites (tertiary alicyclic amines) is 1. The zero-order valence-corrected chi connectivity index (χ0v) is 20.1. The van der Waals surface area contributed by atoms with Gasteiger partial charge in [0.05, 0.1) is 44.3 Å². The van der Waals surface area contributed by atoms with Crippen molar-refractivity contribution in [2.75, 3.05) is 25.1 Å². The van der Waals surface area contributed by atoms with E-state index in [9.17, 15) is 10.1 Å². The van der Waals surface area contributed by atoms with Crippen LogP contribution in [-0.2, 0) is 16.5 Å². The third kappa shape index (κ3) is 4.55. The van der Waals surface area contributed by atoms with E-state index in [1.54, 1.807) is 46.7 Å². The Morgan fingerprint density at radius 3 is 3.00 bits per heavy atom. The van der Waals surface area contributed by atoms with Gasteiger partial charge >= 0.3 is 0 Å². The van der Waals surface area contributed by atoms with Crippen LogP contribution in [0.15, 0.2) is 72.7 Å². The minimum Gasteiger partial charge on any atom is -0.488 e. The Morgan fingerprint density at radius 2 is 2.22 bits per heavy atom. The number of carbonyl (C=O) groups is 1. The molecule has 0 radical (unpaired) electrons. The first-order chi connectivity index (χ1) is 17.6. The molecule has 0 aromatic carbocycles. The first kappa shape index (κ1) is 23.2. The highest BCUT2D eigenvalue weighted by atomic mass is 16.5. The fourth-order valence-corrected chi connectivity index (χ4v) is 4.41. The zero-order chi connectivity index (χ0) is 25.1. The number of aromatic nitrogens is 3. The average molecular weight is 487 g/mol. The maximum atomic E-state index is 12.8. The Balaban J connectivity index is 1.34. The maximum Gasteiger partial charge on any atom is 0.272 e. The number of imidazole rings is 1. The van der Waals surface area contributed by atoms with Crippen molar-refractivity contribution in [2.45, 2.75) is 25.4 Å². The number of hydrogen-bond donors (Lipinski definition) is 0. The van der Waals surface area contributed by atoms with Crippen LogP contribution >= 0.6 is 0 Å². The van der Waals surface area contributed by atoms with E-state index in [-0.39, 0.29) is 17.9 Å². The van der Waals surface area contributed by atoms with Crippen LogP contribution in [0.25, 0.3) is 0 Å². The highest BCUT2D eigenvalue weighted by Gasteiger charge is 2.31. The van der Waals surface area contributed by atoms with Gasteiger partial charge in [0.25, 0.3) is 5.91 Å². The number of anilines is 1. The van der Waals surface area contributed by atoms with E-state index in [0.717, 1.165) is 30.6 Å². The molecule has 2 aromatic rings. The van der Waals surface area contributed by atoms with Crippen molar-refractivity contribution >= 4 is 11.6 Å². The smallest absolute Gasteiger partial charge is 0.272 e. The number of amides is 1. The Hall–Kier alpha value is -4.52. The first-order valence-electron chi connectivity index (χ1n) is 11.7. The van der Waals surface area contributed by atoms with Crippen LogP contribution in [0.4, 0.5) is 5.69 Å². The van der Waals surface area contributed by atoms with Crippen molar-refractivity contribution in [1.29, 1.82) is 5.26 Å². The van der Waals surface area contributed by atoms with Crippen LogP contribution in [0.1, 0.15) is 35.3 Å². The Kier molecular flexibility index (Phi) is 6.45. The number of hydrogen-bond acceptors (Lipinski definition) is 8. The summed E-state index contributed by atoms with van der Waals surface area (Å²) in [5.74, 6) is 1.64. The lowest BCUT2D eigenvalue weighted by atomic mass is 10.0. The number of aryl methyl sites for hydroxylation is 1. The van der Waals surface area contributed by atoms with Gasteiger partial charge in [0.1, 0.15) is 41.2 Å². The number of nitriles is 1. The molecule has 1 saturated heterocycles. The van der Waals surface area contributed by atoms with Gasteiger partial charge in [-0.25, -0.2) is 9.97 Å². The molecule has 0 saturated carbocycles. The molecule has 3 aliphatic rings. The molecule has 1 fully saturated rings. The van der Waals surface area contributed by atoms with Crippen molar-refractivity contribution < 1.29 is 19.0 Å². The van der Waals surface area contributed by atoms with Crippen molar-refractivity contribution in [1.82, 2.24) is 19.4 Å². The van der Waals surface area contributed by atoms with Gasteiger partial charge in [-0.15, -0.1) is 0 Å². The van der Waals surface area contributed by atoms with E-state index in [1.807, 2.05) is 24.2 Å². The predicted molar refractivity (Wildman–Crippen MR) is 130 cm³/mol. The minimum atomic E-state index is -0.116. The Morgan fingerprint density at radius 1 is 1.33 bits per heavy atom. The Labute approximate surface area is 209 Å². The second kappa shape index (κ2) is 10.00. The number of allylic oxidation sites excluding steroid dienone is 3. The molecular formula is C26H26N6O4. The number of ether oxygens (including phenoxy) is 3. The summed E-state index contributed by atoms with van der Waals surface area (Å²) in [6, 6.07) is 3.83. The highest BCUT2D eigenvalue weighted by Crippen LogP contribution is 2.33. The monoisotopic (exact) mass is 486 g/mol. The minimum absolute atomic E-state index is 0.0431. The van der Waals surface area contributed by atoms with Crippen LogP contribution in [0.2, 0.25) is 0 Å². The second-order valence-electron chi connectivity index (χ2n) is 8.62. The lowest BCUT2D eigenvalue weighted by molar-refractivity contribution is 0.0733. The van der Waals surface area contributed by atoms with Gasteiger partial charge in [0, 0.05) is 31.8 Å². The molecular weight excluding hydrogens is 460 g/mol. The fourth-order valence-electron chi connectivity index (χ4n) is 4.41. The molecule has 4 heterocycles. The molecule has 0 spiro atoms. The van der Waals surface area contributed by atoms with Gasteiger partial charge in [-0.2, -0.15) is 5.26 Å². The van der Waals surface area contributed by atoms with E-state index in [0.29, 0.717) is 35.8 Å². The molecule has 10 nitrogen and oxygen atoms in total. The summed E-state index contributed by atoms with van der Waals surface area (Å²) in [5, 5.41) is 9.41. The van der Waals surface area contributed by atoms with Crippen molar-refractivity contribution in [2.24, 2.45) is 7.05 Å². The van der Waals surface area contributed by atoms with E-state index in [4.69, 9.17) is 14.2 Å². The molecule has 1 aliphatic carbocycles. The molecule has 2 aliphatic heterocycles. The molecule has 0 N–H and O–H groups in total. The standard InChI is InChI=1S/C26H26N6O4/c1-30-17-28-14-22(30)26(33)32-8-7-20(15-32)36-23-6-4-3-5-21(23)24-16-31(9-10-35-24)19-11-18(12-27)25(34-2)29-13-19/h4,6,9-11,13-14,16-17,20H,3,5,7-8,15H2,1-2H3/t20-/m0/s1. The Bertz CT molecular complexity index is 1330. The van der Waals surface area contributed by atoms with Gasteiger partial charge in [-0.05, 0) is 25.0 Å². The van der Waals surface area contributed by atoms with Gasteiger partial charge in [0.2, 0.25) is 5.88 Å². The van der Waals surface area contributed by atoms with Crippen LogP contribution in [0.5, 0.6) is 5.88 Å². The average Bonchev–Trinajstić information content (AvgIpc) is 3.57. The predicted octanol–water partition coefficient (Wildman–Crippen LogP) is 3.38. The summed E-state index contributed by atoms with van der Waals surface area (Å²) < 4.78 is 19.1.